The Morgan fingerprint density at radius 2 is 1.92 bits per heavy atom. The van der Waals surface area contributed by atoms with Crippen LogP contribution in [0, 0.1) is 0 Å². The number of benzene rings is 1. The van der Waals surface area contributed by atoms with Crippen molar-refractivity contribution in [2.45, 2.75) is 23.2 Å². The fraction of sp³-hybridized carbons (Fsp3) is 0.316. The van der Waals surface area contributed by atoms with Gasteiger partial charge in [-0.1, -0.05) is 42.1 Å². The van der Waals surface area contributed by atoms with Crippen molar-refractivity contribution >= 4 is 39.2 Å². The zero-order valence-corrected chi connectivity index (χ0v) is 16.1. The molecule has 0 bridgehead atoms. The van der Waals surface area contributed by atoms with E-state index in [2.05, 4.69) is 4.98 Å². The Bertz CT molecular complexity index is 991. The highest BCUT2D eigenvalue weighted by Gasteiger charge is 2.30. The van der Waals surface area contributed by atoms with Crippen LogP contribution < -0.4 is 5.56 Å². The molecule has 26 heavy (non-hydrogen) atoms. The third-order valence-electron chi connectivity index (χ3n) is 4.61. The summed E-state index contributed by atoms with van der Waals surface area (Å²) in [6, 6.07) is 11.6. The summed E-state index contributed by atoms with van der Waals surface area (Å²) in [6.07, 6.45) is 2.10. The number of hydrogen-bond acceptors (Lipinski definition) is 5. The highest BCUT2D eigenvalue weighted by molar-refractivity contribution is 8.00. The number of thiophene rings is 1. The van der Waals surface area contributed by atoms with Gasteiger partial charge in [-0.2, -0.15) is 0 Å². The molecule has 0 saturated carbocycles. The van der Waals surface area contributed by atoms with Gasteiger partial charge in [-0.05, 0) is 29.9 Å². The predicted octanol–water partition coefficient (Wildman–Crippen LogP) is 3.45. The zero-order chi connectivity index (χ0) is 18.1. The van der Waals surface area contributed by atoms with Gasteiger partial charge >= 0.3 is 0 Å². The molecule has 2 aromatic heterocycles. The molecule has 7 heteroatoms. The van der Waals surface area contributed by atoms with Crippen molar-refractivity contribution in [1.29, 1.82) is 0 Å². The predicted molar refractivity (Wildman–Crippen MR) is 106 cm³/mol. The van der Waals surface area contributed by atoms with E-state index in [0.29, 0.717) is 15.4 Å². The smallest absolute Gasteiger partial charge is 0.271 e. The second-order valence-corrected chi connectivity index (χ2v) is 8.32. The summed E-state index contributed by atoms with van der Waals surface area (Å²) in [6.45, 7) is 1.61. The molecular weight excluding hydrogens is 366 g/mol. The maximum absolute atomic E-state index is 13.2. The maximum Gasteiger partial charge on any atom is 0.271 e. The first kappa shape index (κ1) is 17.3. The molecule has 0 radical (unpaired) electrons. The van der Waals surface area contributed by atoms with Crippen LogP contribution in [0.15, 0.2) is 51.7 Å². The first-order valence-electron chi connectivity index (χ1n) is 8.60. The number of thioether (sulfide) groups is 1. The summed E-state index contributed by atoms with van der Waals surface area (Å²) >= 11 is 2.76. The topological polar surface area (TPSA) is 55.2 Å². The minimum Gasteiger partial charge on any atom is -0.341 e. The Balaban J connectivity index is 1.74. The lowest BCUT2D eigenvalue weighted by Gasteiger charge is -2.23. The summed E-state index contributed by atoms with van der Waals surface area (Å²) < 4.78 is 2.20. The fourth-order valence-electron chi connectivity index (χ4n) is 3.17. The Morgan fingerprint density at radius 3 is 2.65 bits per heavy atom. The molecular formula is C19H19N3O2S2. The monoisotopic (exact) mass is 385 g/mol. The first-order chi connectivity index (χ1) is 12.6. The van der Waals surface area contributed by atoms with Crippen molar-refractivity contribution in [3.05, 3.63) is 57.7 Å². The van der Waals surface area contributed by atoms with Gasteiger partial charge in [-0.15, -0.1) is 11.3 Å². The van der Waals surface area contributed by atoms with Gasteiger partial charge in [0.05, 0.1) is 5.52 Å². The first-order valence-corrected chi connectivity index (χ1v) is 10.4. The number of hydrogen-bond donors (Lipinski definition) is 0. The minimum atomic E-state index is -0.400. The molecule has 3 aromatic rings. The standard InChI is InChI=1S/C19H19N3O2S2/c1-21-17(23)16-14(9-12-25-16)20-19(21)26-15(13-7-3-2-4-8-13)18(24)22-10-5-6-11-22/h2-4,7-9,12,15H,5-6,10-11H2,1H3/t15-/m1/s1. The second-order valence-electron chi connectivity index (χ2n) is 6.33. The zero-order valence-electron chi connectivity index (χ0n) is 14.4. The Kier molecular flexibility index (Phi) is 4.82. The molecule has 1 aliphatic heterocycles. The number of rotatable bonds is 4. The van der Waals surface area contributed by atoms with Crippen LogP contribution in [0.5, 0.6) is 0 Å². The van der Waals surface area contributed by atoms with E-state index in [0.717, 1.165) is 31.5 Å². The third-order valence-corrected chi connectivity index (χ3v) is 6.79. The SMILES string of the molecule is Cn1c(S[C@@H](C(=O)N2CCCC2)c2ccccc2)nc2ccsc2c1=O. The van der Waals surface area contributed by atoms with Gasteiger partial charge in [0, 0.05) is 20.1 Å². The van der Waals surface area contributed by atoms with Crippen molar-refractivity contribution in [2.75, 3.05) is 13.1 Å². The van der Waals surface area contributed by atoms with E-state index in [4.69, 9.17) is 0 Å². The minimum absolute atomic E-state index is 0.0621. The lowest BCUT2D eigenvalue weighted by Crippen LogP contribution is -2.32. The highest BCUT2D eigenvalue weighted by Crippen LogP contribution is 2.36. The van der Waals surface area contributed by atoms with Gasteiger partial charge in [-0.3, -0.25) is 14.2 Å². The summed E-state index contributed by atoms with van der Waals surface area (Å²) in [5, 5.41) is 2.04. The molecule has 1 amide bonds. The number of carbonyl (C=O) groups excluding carboxylic acids is 1. The van der Waals surface area contributed by atoms with Gasteiger partial charge in [0.2, 0.25) is 5.91 Å². The molecule has 1 aromatic carbocycles. The Morgan fingerprint density at radius 1 is 1.19 bits per heavy atom. The highest BCUT2D eigenvalue weighted by atomic mass is 32.2. The second kappa shape index (κ2) is 7.25. The molecule has 1 fully saturated rings. The van der Waals surface area contributed by atoms with E-state index in [9.17, 15) is 9.59 Å². The van der Waals surface area contributed by atoms with Crippen LogP contribution >= 0.6 is 23.1 Å². The Hall–Kier alpha value is -2.12. The van der Waals surface area contributed by atoms with Crippen molar-refractivity contribution in [1.82, 2.24) is 14.5 Å². The van der Waals surface area contributed by atoms with Crippen molar-refractivity contribution in [2.24, 2.45) is 7.05 Å². The molecule has 0 N–H and O–H groups in total. The van der Waals surface area contributed by atoms with Crippen molar-refractivity contribution < 1.29 is 4.79 Å². The number of nitrogens with zero attached hydrogens (tertiary/aromatic N) is 3. The molecule has 0 unspecified atom stereocenters. The maximum atomic E-state index is 13.2. The van der Waals surface area contributed by atoms with Crippen molar-refractivity contribution in [3.8, 4) is 0 Å². The van der Waals surface area contributed by atoms with Gasteiger partial charge in [0.25, 0.3) is 5.56 Å². The average Bonchev–Trinajstić information content (AvgIpc) is 3.35. The molecule has 1 aliphatic rings. The number of amides is 1. The average molecular weight is 386 g/mol. The lowest BCUT2D eigenvalue weighted by molar-refractivity contribution is -0.129. The fourth-order valence-corrected chi connectivity index (χ4v) is 5.12. The number of carbonyl (C=O) groups is 1. The van der Waals surface area contributed by atoms with Crippen LogP contribution in [0.4, 0.5) is 0 Å². The lowest BCUT2D eigenvalue weighted by atomic mass is 10.1. The van der Waals surface area contributed by atoms with E-state index in [-0.39, 0.29) is 11.5 Å². The summed E-state index contributed by atoms with van der Waals surface area (Å²) in [7, 11) is 1.72. The molecule has 1 atom stereocenters. The molecule has 0 aliphatic carbocycles. The molecule has 3 heterocycles. The van der Waals surface area contributed by atoms with Crippen LogP contribution in [0.1, 0.15) is 23.7 Å². The van der Waals surface area contributed by atoms with Gasteiger partial charge in [0.15, 0.2) is 5.16 Å². The summed E-state index contributed by atoms with van der Waals surface area (Å²) in [5.41, 5.74) is 1.57. The summed E-state index contributed by atoms with van der Waals surface area (Å²) in [5.74, 6) is 0.0957. The van der Waals surface area contributed by atoms with Crippen LogP contribution in [0.25, 0.3) is 10.2 Å². The van der Waals surface area contributed by atoms with Crippen LogP contribution in [0.3, 0.4) is 0 Å². The van der Waals surface area contributed by atoms with E-state index in [1.165, 1.54) is 23.1 Å². The van der Waals surface area contributed by atoms with E-state index in [1.54, 1.807) is 11.6 Å². The quantitative estimate of drug-likeness (QED) is 0.510. The van der Waals surface area contributed by atoms with Gasteiger partial charge in [0.1, 0.15) is 9.95 Å². The normalized spacial score (nSPS) is 15.5. The number of aromatic nitrogens is 2. The molecule has 4 rings (SSSR count). The van der Waals surface area contributed by atoms with Gasteiger partial charge < -0.3 is 4.90 Å². The van der Waals surface area contributed by atoms with E-state index in [1.807, 2.05) is 46.7 Å². The van der Waals surface area contributed by atoms with E-state index < -0.39 is 5.25 Å². The largest absolute Gasteiger partial charge is 0.341 e. The number of fused-ring (bicyclic) bond motifs is 1. The van der Waals surface area contributed by atoms with Gasteiger partial charge in [-0.25, -0.2) is 4.98 Å². The van der Waals surface area contributed by atoms with E-state index >= 15 is 0 Å². The molecule has 1 saturated heterocycles. The Labute approximate surface area is 159 Å². The summed E-state index contributed by atoms with van der Waals surface area (Å²) in [4.78, 5) is 32.3. The van der Waals surface area contributed by atoms with Crippen molar-refractivity contribution in [3.63, 3.8) is 0 Å². The van der Waals surface area contributed by atoms with Crippen LogP contribution in [-0.4, -0.2) is 33.4 Å². The number of likely N-dealkylation sites (tertiary alicyclic amines) is 1. The van der Waals surface area contributed by atoms with Crippen LogP contribution in [-0.2, 0) is 11.8 Å². The third kappa shape index (κ3) is 3.17. The molecule has 0 spiro atoms. The molecule has 5 nitrogen and oxygen atoms in total. The van der Waals surface area contributed by atoms with Crippen LogP contribution in [0.2, 0.25) is 0 Å². The molecule has 134 valence electrons.